The monoisotopic (exact) mass is 392 g/mol. The Labute approximate surface area is 162 Å². The first-order chi connectivity index (χ1) is 13.1. The maximum atomic E-state index is 13.8. The molecule has 1 aromatic carbocycles. The summed E-state index contributed by atoms with van der Waals surface area (Å²) in [6, 6.07) is 1.85. The minimum absolute atomic E-state index is 0.135. The number of halogens is 3. The van der Waals surface area contributed by atoms with E-state index in [9.17, 15) is 23.1 Å². The number of carboxylic acid groups (broad SMARTS) is 1. The number of aliphatic carboxylic acids is 1. The number of rotatable bonds is 4. The second-order valence-electron chi connectivity index (χ2n) is 8.06. The zero-order valence-electron chi connectivity index (χ0n) is 16.2. The van der Waals surface area contributed by atoms with Crippen LogP contribution in [0.2, 0.25) is 0 Å². The Morgan fingerprint density at radius 3 is 2.29 bits per heavy atom. The second kappa shape index (κ2) is 7.45. The molecule has 1 fully saturated rings. The Balaban J connectivity index is 2.18. The van der Waals surface area contributed by atoms with Gasteiger partial charge in [-0.05, 0) is 42.9 Å². The molecule has 0 amide bonds. The predicted octanol–water partition coefficient (Wildman–Crippen LogP) is 4.73. The third-order valence-corrected chi connectivity index (χ3v) is 5.42. The topological polar surface area (TPSA) is 53.4 Å². The lowest BCUT2D eigenvalue weighted by Crippen LogP contribution is -2.38. The van der Waals surface area contributed by atoms with Gasteiger partial charge in [0.1, 0.15) is 0 Å². The van der Waals surface area contributed by atoms with Gasteiger partial charge in [0.25, 0.3) is 0 Å². The molecule has 1 N–H and O–H groups in total. The lowest BCUT2D eigenvalue weighted by atomic mass is 9.82. The van der Waals surface area contributed by atoms with E-state index in [1.165, 1.54) is 6.20 Å². The summed E-state index contributed by atoms with van der Waals surface area (Å²) < 4.78 is 41.1. The first-order valence-electron chi connectivity index (χ1n) is 9.19. The molecule has 1 aliphatic rings. The number of hydrogen-bond donors (Lipinski definition) is 1. The van der Waals surface area contributed by atoms with Crippen molar-refractivity contribution in [3.63, 3.8) is 0 Å². The van der Waals surface area contributed by atoms with E-state index >= 15 is 0 Å². The van der Waals surface area contributed by atoms with Gasteiger partial charge in [0.15, 0.2) is 17.5 Å². The molecule has 0 atom stereocenters. The fourth-order valence-corrected chi connectivity index (χ4v) is 3.62. The number of benzene rings is 1. The molecule has 2 aromatic rings. The van der Waals surface area contributed by atoms with Crippen molar-refractivity contribution in [1.82, 2.24) is 4.98 Å². The number of carbonyl (C=O) groups is 1. The van der Waals surface area contributed by atoms with Gasteiger partial charge in [-0.2, -0.15) is 0 Å². The zero-order valence-corrected chi connectivity index (χ0v) is 16.2. The number of aromatic nitrogens is 1. The normalized spacial score (nSPS) is 16.3. The molecule has 150 valence electrons. The Morgan fingerprint density at radius 1 is 1.18 bits per heavy atom. The molecule has 0 unspecified atom stereocenters. The quantitative estimate of drug-likeness (QED) is 0.765. The highest BCUT2D eigenvalue weighted by Crippen LogP contribution is 2.40. The van der Waals surface area contributed by atoms with Crippen molar-refractivity contribution in [2.45, 2.75) is 40.0 Å². The van der Waals surface area contributed by atoms with Gasteiger partial charge in [-0.25, -0.2) is 13.2 Å². The number of pyridine rings is 1. The summed E-state index contributed by atoms with van der Waals surface area (Å²) in [5.41, 5.74) is 2.37. The number of piperidine rings is 1. The molecule has 3 rings (SSSR count). The van der Waals surface area contributed by atoms with Gasteiger partial charge >= 0.3 is 5.97 Å². The highest BCUT2D eigenvalue weighted by Gasteiger charge is 2.29. The Hall–Kier alpha value is -2.57. The molecule has 1 aromatic heterocycles. The second-order valence-corrected chi connectivity index (χ2v) is 8.06. The predicted molar refractivity (Wildman–Crippen MR) is 101 cm³/mol. The van der Waals surface area contributed by atoms with E-state index in [1.54, 1.807) is 6.92 Å². The third-order valence-electron chi connectivity index (χ3n) is 5.42. The maximum absolute atomic E-state index is 13.8. The minimum Gasteiger partial charge on any atom is -0.481 e. The van der Waals surface area contributed by atoms with Crippen LogP contribution in [0.15, 0.2) is 18.3 Å². The fraction of sp³-hybridized carbons (Fsp3) is 0.429. The Bertz CT molecular complexity index is 895. The summed E-state index contributed by atoms with van der Waals surface area (Å²) >= 11 is 0. The highest BCUT2D eigenvalue weighted by molar-refractivity contribution is 5.84. The standard InChI is InChI=1S/C21H23F3N2O2/c1-12-14(10-18(27)28)20(26-6-4-21(2,3)5-7-26)15(11-25-12)13-8-16(22)19(24)17(23)9-13/h8-9,11H,4-7,10H2,1-3H3,(H,27,28). The SMILES string of the molecule is Cc1ncc(-c2cc(F)c(F)c(F)c2)c(N2CCC(C)(C)CC2)c1CC(=O)O. The van der Waals surface area contributed by atoms with Crippen molar-refractivity contribution in [2.24, 2.45) is 5.41 Å². The smallest absolute Gasteiger partial charge is 0.307 e. The first-order valence-corrected chi connectivity index (χ1v) is 9.19. The average Bonchev–Trinajstić information content (AvgIpc) is 2.61. The van der Waals surface area contributed by atoms with Gasteiger partial charge in [-0.3, -0.25) is 9.78 Å². The van der Waals surface area contributed by atoms with Crippen molar-refractivity contribution in [3.05, 3.63) is 47.0 Å². The summed E-state index contributed by atoms with van der Waals surface area (Å²) in [6.45, 7) is 7.42. The first kappa shape index (κ1) is 20.2. The lowest BCUT2D eigenvalue weighted by Gasteiger charge is -2.40. The molecule has 0 aliphatic carbocycles. The molecule has 28 heavy (non-hydrogen) atoms. The van der Waals surface area contributed by atoms with Crippen molar-refractivity contribution in [3.8, 4) is 11.1 Å². The number of carboxylic acids is 1. The molecule has 0 radical (unpaired) electrons. The summed E-state index contributed by atoms with van der Waals surface area (Å²) in [5, 5.41) is 9.37. The van der Waals surface area contributed by atoms with E-state index in [-0.39, 0.29) is 17.4 Å². The van der Waals surface area contributed by atoms with E-state index in [1.807, 2.05) is 4.90 Å². The van der Waals surface area contributed by atoms with Crippen molar-refractivity contribution in [2.75, 3.05) is 18.0 Å². The van der Waals surface area contributed by atoms with Crippen LogP contribution in [0.25, 0.3) is 11.1 Å². The number of anilines is 1. The molecular weight excluding hydrogens is 369 g/mol. The van der Waals surface area contributed by atoms with Gasteiger partial charge in [0.2, 0.25) is 0 Å². The zero-order chi connectivity index (χ0) is 20.6. The molecule has 7 heteroatoms. The number of aryl methyl sites for hydroxylation is 1. The maximum Gasteiger partial charge on any atom is 0.307 e. The molecule has 1 saturated heterocycles. The third kappa shape index (κ3) is 3.98. The minimum atomic E-state index is -1.53. The van der Waals surface area contributed by atoms with Crippen LogP contribution in [0.1, 0.15) is 37.9 Å². The van der Waals surface area contributed by atoms with Crippen LogP contribution in [0, 0.1) is 29.8 Å². The van der Waals surface area contributed by atoms with Crippen LogP contribution in [0.4, 0.5) is 18.9 Å². The molecule has 2 heterocycles. The van der Waals surface area contributed by atoms with Gasteiger partial charge in [0, 0.05) is 36.1 Å². The average molecular weight is 392 g/mol. The number of nitrogens with zero attached hydrogens (tertiary/aromatic N) is 2. The highest BCUT2D eigenvalue weighted by atomic mass is 19.2. The molecular formula is C21H23F3N2O2. The Kier molecular flexibility index (Phi) is 5.37. The van der Waals surface area contributed by atoms with Crippen molar-refractivity contribution < 1.29 is 23.1 Å². The van der Waals surface area contributed by atoms with Crippen LogP contribution < -0.4 is 4.90 Å². The van der Waals surface area contributed by atoms with Crippen LogP contribution >= 0.6 is 0 Å². The molecule has 0 spiro atoms. The molecule has 4 nitrogen and oxygen atoms in total. The summed E-state index contributed by atoms with van der Waals surface area (Å²) in [6.07, 6.45) is 3.01. The van der Waals surface area contributed by atoms with Crippen LogP contribution in [-0.2, 0) is 11.2 Å². The van der Waals surface area contributed by atoms with Gasteiger partial charge < -0.3 is 10.0 Å². The summed E-state index contributed by atoms with van der Waals surface area (Å²) in [7, 11) is 0. The van der Waals surface area contributed by atoms with E-state index < -0.39 is 23.4 Å². The molecule has 1 aliphatic heterocycles. The molecule has 0 bridgehead atoms. The van der Waals surface area contributed by atoms with E-state index in [4.69, 9.17) is 0 Å². The van der Waals surface area contributed by atoms with Crippen LogP contribution in [-0.4, -0.2) is 29.1 Å². The fourth-order valence-electron chi connectivity index (χ4n) is 3.62. The summed E-state index contributed by atoms with van der Waals surface area (Å²) in [4.78, 5) is 17.7. The van der Waals surface area contributed by atoms with Gasteiger partial charge in [0.05, 0.1) is 12.1 Å². The van der Waals surface area contributed by atoms with Gasteiger partial charge in [-0.1, -0.05) is 13.8 Å². The van der Waals surface area contributed by atoms with Crippen LogP contribution in [0.3, 0.4) is 0 Å². The largest absolute Gasteiger partial charge is 0.481 e. The van der Waals surface area contributed by atoms with E-state index in [2.05, 4.69) is 18.8 Å². The van der Waals surface area contributed by atoms with E-state index in [0.29, 0.717) is 35.6 Å². The van der Waals surface area contributed by atoms with Crippen LogP contribution in [0.5, 0.6) is 0 Å². The van der Waals surface area contributed by atoms with Crippen molar-refractivity contribution in [1.29, 1.82) is 0 Å². The van der Waals surface area contributed by atoms with Crippen molar-refractivity contribution >= 4 is 11.7 Å². The molecule has 0 saturated carbocycles. The van der Waals surface area contributed by atoms with Gasteiger partial charge in [-0.15, -0.1) is 0 Å². The number of hydrogen-bond acceptors (Lipinski definition) is 3. The Morgan fingerprint density at radius 2 is 1.75 bits per heavy atom. The lowest BCUT2D eigenvalue weighted by molar-refractivity contribution is -0.136. The summed E-state index contributed by atoms with van der Waals surface area (Å²) in [5.74, 6) is -5.13. The van der Waals surface area contributed by atoms with E-state index in [0.717, 1.165) is 25.0 Å².